The third-order valence-corrected chi connectivity index (χ3v) is 2.83. The number of fused-ring (bicyclic) bond motifs is 1. The van der Waals surface area contributed by atoms with Gasteiger partial charge in [-0.15, -0.1) is 0 Å². The van der Waals surface area contributed by atoms with E-state index in [-0.39, 0.29) is 5.75 Å². The van der Waals surface area contributed by atoms with Gasteiger partial charge in [-0.2, -0.15) is 0 Å². The SMILES string of the molecule is Oc1ccc(-c2ccccc2)c2cccnc12. The second kappa shape index (κ2) is 3.91. The molecule has 1 aromatic heterocycles. The first-order valence-corrected chi connectivity index (χ1v) is 5.48. The van der Waals surface area contributed by atoms with E-state index in [1.54, 1.807) is 12.3 Å². The van der Waals surface area contributed by atoms with Crippen LogP contribution in [0.3, 0.4) is 0 Å². The van der Waals surface area contributed by atoms with Gasteiger partial charge in [0.05, 0.1) is 0 Å². The Morgan fingerprint density at radius 1 is 0.824 bits per heavy atom. The Morgan fingerprint density at radius 2 is 1.65 bits per heavy atom. The molecule has 1 N–H and O–H groups in total. The Bertz CT molecular complexity index is 662. The highest BCUT2D eigenvalue weighted by atomic mass is 16.3. The van der Waals surface area contributed by atoms with Gasteiger partial charge in [0, 0.05) is 11.6 Å². The molecule has 3 aromatic rings. The largest absolute Gasteiger partial charge is 0.506 e. The number of benzene rings is 2. The van der Waals surface area contributed by atoms with E-state index in [9.17, 15) is 5.11 Å². The standard InChI is InChI=1S/C15H11NO/c17-14-9-8-12(11-5-2-1-3-6-11)13-7-4-10-16-15(13)14/h1-10,17H. The monoisotopic (exact) mass is 221 g/mol. The van der Waals surface area contributed by atoms with Crippen molar-refractivity contribution in [3.8, 4) is 16.9 Å². The fourth-order valence-electron chi connectivity index (χ4n) is 2.03. The summed E-state index contributed by atoms with van der Waals surface area (Å²) in [6, 6.07) is 17.6. The molecule has 0 aliphatic heterocycles. The Hall–Kier alpha value is -2.35. The molecule has 2 nitrogen and oxygen atoms in total. The van der Waals surface area contributed by atoms with Crippen molar-refractivity contribution in [2.45, 2.75) is 0 Å². The molecule has 0 spiro atoms. The fraction of sp³-hybridized carbons (Fsp3) is 0. The van der Waals surface area contributed by atoms with E-state index in [1.165, 1.54) is 0 Å². The zero-order valence-electron chi connectivity index (χ0n) is 9.17. The lowest BCUT2D eigenvalue weighted by Gasteiger charge is -2.07. The number of aromatic hydroxyl groups is 1. The topological polar surface area (TPSA) is 33.1 Å². The van der Waals surface area contributed by atoms with E-state index < -0.39 is 0 Å². The Morgan fingerprint density at radius 3 is 2.47 bits per heavy atom. The zero-order chi connectivity index (χ0) is 11.7. The number of phenolic OH excluding ortho intramolecular Hbond substituents is 1. The molecule has 0 radical (unpaired) electrons. The minimum absolute atomic E-state index is 0.222. The molecule has 0 saturated carbocycles. The summed E-state index contributed by atoms with van der Waals surface area (Å²) in [6.07, 6.45) is 1.69. The molecule has 17 heavy (non-hydrogen) atoms. The van der Waals surface area contributed by atoms with E-state index in [0.29, 0.717) is 5.52 Å². The Balaban J connectivity index is 2.35. The van der Waals surface area contributed by atoms with Crippen LogP contribution in [0.25, 0.3) is 22.0 Å². The van der Waals surface area contributed by atoms with Gasteiger partial charge in [0.2, 0.25) is 0 Å². The van der Waals surface area contributed by atoms with Crippen molar-refractivity contribution in [3.63, 3.8) is 0 Å². The quantitative estimate of drug-likeness (QED) is 0.681. The van der Waals surface area contributed by atoms with E-state index in [2.05, 4.69) is 17.1 Å². The maximum absolute atomic E-state index is 9.78. The zero-order valence-corrected chi connectivity index (χ0v) is 9.17. The smallest absolute Gasteiger partial charge is 0.141 e. The van der Waals surface area contributed by atoms with Gasteiger partial charge < -0.3 is 5.11 Å². The van der Waals surface area contributed by atoms with Crippen LogP contribution in [0.4, 0.5) is 0 Å². The molecule has 1 heterocycles. The van der Waals surface area contributed by atoms with Gasteiger partial charge in [-0.3, -0.25) is 4.98 Å². The van der Waals surface area contributed by atoms with Crippen LogP contribution in [0, 0.1) is 0 Å². The average molecular weight is 221 g/mol. The van der Waals surface area contributed by atoms with Gasteiger partial charge in [0.25, 0.3) is 0 Å². The summed E-state index contributed by atoms with van der Waals surface area (Å²) in [5.74, 6) is 0.222. The van der Waals surface area contributed by atoms with Crippen LogP contribution in [0.1, 0.15) is 0 Å². The lowest BCUT2D eigenvalue weighted by atomic mass is 10.0. The highest BCUT2D eigenvalue weighted by Crippen LogP contribution is 2.32. The van der Waals surface area contributed by atoms with E-state index in [1.807, 2.05) is 36.4 Å². The number of hydrogen-bond donors (Lipinski definition) is 1. The maximum Gasteiger partial charge on any atom is 0.141 e. The maximum atomic E-state index is 9.78. The van der Waals surface area contributed by atoms with Gasteiger partial charge in [0.15, 0.2) is 0 Å². The molecule has 3 rings (SSSR count). The summed E-state index contributed by atoms with van der Waals surface area (Å²) in [5, 5.41) is 10.8. The second-order valence-corrected chi connectivity index (χ2v) is 3.90. The predicted molar refractivity (Wildman–Crippen MR) is 68.8 cm³/mol. The van der Waals surface area contributed by atoms with Crippen molar-refractivity contribution in [2.24, 2.45) is 0 Å². The van der Waals surface area contributed by atoms with E-state index in [4.69, 9.17) is 0 Å². The van der Waals surface area contributed by atoms with Crippen molar-refractivity contribution in [2.75, 3.05) is 0 Å². The van der Waals surface area contributed by atoms with Crippen LogP contribution in [0.15, 0.2) is 60.8 Å². The predicted octanol–water partition coefficient (Wildman–Crippen LogP) is 3.61. The van der Waals surface area contributed by atoms with Gasteiger partial charge in [-0.1, -0.05) is 36.4 Å². The molecule has 0 saturated heterocycles. The summed E-state index contributed by atoms with van der Waals surface area (Å²) >= 11 is 0. The normalized spacial score (nSPS) is 10.6. The average Bonchev–Trinajstić information content (AvgIpc) is 2.41. The lowest BCUT2D eigenvalue weighted by Crippen LogP contribution is -1.84. The molecule has 2 heteroatoms. The van der Waals surface area contributed by atoms with Crippen molar-refractivity contribution in [3.05, 3.63) is 60.8 Å². The van der Waals surface area contributed by atoms with Gasteiger partial charge in [0.1, 0.15) is 11.3 Å². The highest BCUT2D eigenvalue weighted by molar-refractivity contribution is 5.97. The summed E-state index contributed by atoms with van der Waals surface area (Å²) in [4.78, 5) is 4.22. The molecule has 82 valence electrons. The molecule has 0 fully saturated rings. The van der Waals surface area contributed by atoms with Crippen LogP contribution in [0.2, 0.25) is 0 Å². The number of phenols is 1. The second-order valence-electron chi connectivity index (χ2n) is 3.90. The first-order chi connectivity index (χ1) is 8.36. The first-order valence-electron chi connectivity index (χ1n) is 5.48. The van der Waals surface area contributed by atoms with Crippen molar-refractivity contribution >= 4 is 10.9 Å². The first kappa shape index (κ1) is 9.85. The molecule has 0 amide bonds. The summed E-state index contributed by atoms with van der Waals surface area (Å²) in [5.41, 5.74) is 2.87. The lowest BCUT2D eigenvalue weighted by molar-refractivity contribution is 0.480. The molecular formula is C15H11NO. The number of rotatable bonds is 1. The number of pyridine rings is 1. The molecule has 0 aliphatic rings. The Kier molecular flexibility index (Phi) is 2.26. The molecule has 2 aromatic carbocycles. The summed E-state index contributed by atoms with van der Waals surface area (Å²) in [7, 11) is 0. The van der Waals surface area contributed by atoms with Crippen LogP contribution < -0.4 is 0 Å². The van der Waals surface area contributed by atoms with Crippen LogP contribution in [-0.4, -0.2) is 10.1 Å². The molecular weight excluding hydrogens is 210 g/mol. The van der Waals surface area contributed by atoms with Crippen molar-refractivity contribution in [1.29, 1.82) is 0 Å². The molecule has 0 atom stereocenters. The van der Waals surface area contributed by atoms with E-state index >= 15 is 0 Å². The summed E-state index contributed by atoms with van der Waals surface area (Å²) in [6.45, 7) is 0. The van der Waals surface area contributed by atoms with Crippen LogP contribution >= 0.6 is 0 Å². The molecule has 0 bridgehead atoms. The number of hydrogen-bond acceptors (Lipinski definition) is 2. The summed E-state index contributed by atoms with van der Waals surface area (Å²) < 4.78 is 0. The third-order valence-electron chi connectivity index (χ3n) is 2.83. The van der Waals surface area contributed by atoms with Crippen molar-refractivity contribution < 1.29 is 5.11 Å². The molecule has 0 unspecified atom stereocenters. The van der Waals surface area contributed by atoms with Gasteiger partial charge in [-0.25, -0.2) is 0 Å². The minimum atomic E-state index is 0.222. The third kappa shape index (κ3) is 1.64. The Labute approximate surface area is 99.2 Å². The van der Waals surface area contributed by atoms with Gasteiger partial charge >= 0.3 is 0 Å². The minimum Gasteiger partial charge on any atom is -0.506 e. The number of aromatic nitrogens is 1. The van der Waals surface area contributed by atoms with Crippen LogP contribution in [0.5, 0.6) is 5.75 Å². The van der Waals surface area contributed by atoms with E-state index in [0.717, 1.165) is 16.5 Å². The van der Waals surface area contributed by atoms with Crippen LogP contribution in [-0.2, 0) is 0 Å². The fourth-order valence-corrected chi connectivity index (χ4v) is 2.03. The van der Waals surface area contributed by atoms with Gasteiger partial charge in [-0.05, 0) is 29.3 Å². The van der Waals surface area contributed by atoms with Crippen molar-refractivity contribution in [1.82, 2.24) is 4.98 Å². The molecule has 0 aliphatic carbocycles. The number of nitrogens with zero attached hydrogens (tertiary/aromatic N) is 1. The highest BCUT2D eigenvalue weighted by Gasteiger charge is 2.06.